The van der Waals surface area contributed by atoms with Gasteiger partial charge in [-0.1, -0.05) is 29.4 Å². The van der Waals surface area contributed by atoms with Crippen LogP contribution in [0.5, 0.6) is 5.75 Å². The number of pyridine rings is 1. The molecule has 1 N–H and O–H groups in total. The summed E-state index contributed by atoms with van der Waals surface area (Å²) in [5.41, 5.74) is 6.10. The van der Waals surface area contributed by atoms with Crippen LogP contribution in [0.15, 0.2) is 71.5 Å². The Balaban J connectivity index is 1.33. The fourth-order valence-corrected chi connectivity index (χ4v) is 4.36. The van der Waals surface area contributed by atoms with E-state index in [1.807, 2.05) is 53.3 Å². The second-order valence-electron chi connectivity index (χ2n) is 9.12. The average Bonchev–Trinajstić information content (AvgIpc) is 3.52. The summed E-state index contributed by atoms with van der Waals surface area (Å²) in [5, 5.41) is 12.3. The molecule has 0 spiro atoms. The third kappa shape index (κ3) is 4.22. The van der Waals surface area contributed by atoms with Gasteiger partial charge in [-0.2, -0.15) is 5.10 Å². The molecule has 5 aromatic rings. The van der Waals surface area contributed by atoms with Crippen molar-refractivity contribution in [2.45, 2.75) is 32.2 Å². The van der Waals surface area contributed by atoms with Gasteiger partial charge in [0.1, 0.15) is 11.4 Å². The summed E-state index contributed by atoms with van der Waals surface area (Å²) in [6.07, 6.45) is 5.62. The smallest absolute Gasteiger partial charge is 0.259 e. The molecular weight excluding hydrogens is 454 g/mol. The Morgan fingerprint density at radius 2 is 1.97 bits per heavy atom. The lowest BCUT2D eigenvalue weighted by molar-refractivity contribution is 0.102. The molecule has 1 amide bonds. The van der Waals surface area contributed by atoms with E-state index in [0.29, 0.717) is 40.5 Å². The number of carbonyl (C=O) groups excluding carboxylic acids is 1. The fourth-order valence-electron chi connectivity index (χ4n) is 4.36. The van der Waals surface area contributed by atoms with Crippen molar-refractivity contribution in [3.05, 3.63) is 89.4 Å². The molecule has 36 heavy (non-hydrogen) atoms. The number of benzene rings is 2. The van der Waals surface area contributed by atoms with Gasteiger partial charge in [-0.15, -0.1) is 0 Å². The summed E-state index contributed by atoms with van der Waals surface area (Å²) < 4.78 is 12.7. The third-order valence-corrected chi connectivity index (χ3v) is 6.55. The van der Waals surface area contributed by atoms with Crippen LogP contribution in [-0.4, -0.2) is 32.9 Å². The van der Waals surface area contributed by atoms with Crippen LogP contribution >= 0.6 is 0 Å². The number of aryl methyl sites for hydroxylation is 1. The molecular formula is C28H25N5O3. The molecule has 0 saturated heterocycles. The lowest BCUT2D eigenvalue weighted by atomic mass is 10.0. The SMILES string of the molecule is COc1ccc(-c2noc3nc(C4CC4)cc(C(=O)Nc4cnn(Cc5ccccc5C)c4)c23)cc1. The van der Waals surface area contributed by atoms with Crippen LogP contribution in [0, 0.1) is 6.92 Å². The van der Waals surface area contributed by atoms with E-state index in [4.69, 9.17) is 9.26 Å². The van der Waals surface area contributed by atoms with Crippen LogP contribution in [-0.2, 0) is 6.54 Å². The number of hydrogen-bond donors (Lipinski definition) is 1. The number of carbonyl (C=O) groups is 1. The number of aromatic nitrogens is 4. The summed E-state index contributed by atoms with van der Waals surface area (Å²) in [5.74, 6) is 0.839. The van der Waals surface area contributed by atoms with Gasteiger partial charge < -0.3 is 14.6 Å². The zero-order valence-electron chi connectivity index (χ0n) is 20.1. The van der Waals surface area contributed by atoms with E-state index < -0.39 is 0 Å². The second kappa shape index (κ2) is 8.96. The maximum Gasteiger partial charge on any atom is 0.259 e. The van der Waals surface area contributed by atoms with E-state index >= 15 is 0 Å². The highest BCUT2D eigenvalue weighted by Gasteiger charge is 2.29. The van der Waals surface area contributed by atoms with E-state index in [2.05, 4.69) is 39.6 Å². The van der Waals surface area contributed by atoms with Crippen LogP contribution in [0.3, 0.4) is 0 Å². The number of nitrogens with zero attached hydrogens (tertiary/aromatic N) is 4. The molecule has 0 aliphatic heterocycles. The summed E-state index contributed by atoms with van der Waals surface area (Å²) in [6, 6.07) is 17.5. The molecule has 1 saturated carbocycles. The molecule has 1 aliphatic carbocycles. The molecule has 8 nitrogen and oxygen atoms in total. The lowest BCUT2D eigenvalue weighted by Crippen LogP contribution is -2.13. The van der Waals surface area contributed by atoms with Crippen molar-refractivity contribution in [1.29, 1.82) is 0 Å². The Morgan fingerprint density at radius 1 is 1.17 bits per heavy atom. The third-order valence-electron chi connectivity index (χ3n) is 6.55. The molecule has 8 heteroatoms. The molecule has 180 valence electrons. The van der Waals surface area contributed by atoms with Gasteiger partial charge in [-0.25, -0.2) is 4.98 Å². The fraction of sp³-hybridized carbons (Fsp3) is 0.214. The molecule has 1 fully saturated rings. The predicted octanol–water partition coefficient (Wildman–Crippen LogP) is 5.58. The average molecular weight is 480 g/mol. The Hall–Kier alpha value is -4.46. The minimum Gasteiger partial charge on any atom is -0.497 e. The molecule has 1 aliphatic rings. The van der Waals surface area contributed by atoms with Gasteiger partial charge in [-0.05, 0) is 61.2 Å². The van der Waals surface area contributed by atoms with Crippen molar-refractivity contribution in [1.82, 2.24) is 19.9 Å². The molecule has 2 aromatic carbocycles. The first-order chi connectivity index (χ1) is 17.6. The van der Waals surface area contributed by atoms with Crippen LogP contribution in [0.4, 0.5) is 5.69 Å². The highest BCUT2D eigenvalue weighted by atomic mass is 16.5. The monoisotopic (exact) mass is 479 g/mol. The summed E-state index contributed by atoms with van der Waals surface area (Å²) in [6.45, 7) is 2.70. The minimum absolute atomic E-state index is 0.252. The molecule has 6 rings (SSSR count). The van der Waals surface area contributed by atoms with Crippen LogP contribution in [0.2, 0.25) is 0 Å². The van der Waals surface area contributed by atoms with Crippen molar-refractivity contribution >= 4 is 22.7 Å². The standard InChI is InChI=1S/C28H25N5O3/c1-17-5-3-4-6-20(17)15-33-16-21(14-29-33)30-27(34)23-13-24(18-7-8-18)31-28-25(23)26(32-36-28)19-9-11-22(35-2)12-10-19/h3-6,9-14,16,18H,7-8,15H2,1-2H3,(H,30,34). The Morgan fingerprint density at radius 3 is 2.72 bits per heavy atom. The van der Waals surface area contributed by atoms with E-state index in [1.165, 1.54) is 11.1 Å². The van der Waals surface area contributed by atoms with Gasteiger partial charge in [-0.3, -0.25) is 9.48 Å². The van der Waals surface area contributed by atoms with Crippen molar-refractivity contribution < 1.29 is 14.1 Å². The van der Waals surface area contributed by atoms with Crippen LogP contribution < -0.4 is 10.1 Å². The van der Waals surface area contributed by atoms with E-state index in [0.717, 1.165) is 29.8 Å². The van der Waals surface area contributed by atoms with Crippen molar-refractivity contribution in [3.8, 4) is 17.0 Å². The summed E-state index contributed by atoms with van der Waals surface area (Å²) in [4.78, 5) is 18.2. The highest BCUT2D eigenvalue weighted by Crippen LogP contribution is 2.41. The van der Waals surface area contributed by atoms with Gasteiger partial charge in [0.15, 0.2) is 0 Å². The van der Waals surface area contributed by atoms with Crippen molar-refractivity contribution in [2.24, 2.45) is 0 Å². The van der Waals surface area contributed by atoms with Gasteiger partial charge in [0.2, 0.25) is 0 Å². The Kier molecular flexibility index (Phi) is 5.48. The number of amides is 1. The highest BCUT2D eigenvalue weighted by molar-refractivity contribution is 6.14. The number of ether oxygens (including phenoxy) is 1. The first-order valence-corrected chi connectivity index (χ1v) is 11.9. The van der Waals surface area contributed by atoms with Gasteiger partial charge in [0, 0.05) is 23.4 Å². The number of methoxy groups -OCH3 is 1. The number of rotatable bonds is 7. The van der Waals surface area contributed by atoms with Gasteiger partial charge >= 0.3 is 0 Å². The first-order valence-electron chi connectivity index (χ1n) is 11.9. The number of fused-ring (bicyclic) bond motifs is 1. The lowest BCUT2D eigenvalue weighted by Gasteiger charge is -2.08. The number of anilines is 1. The number of hydrogen-bond acceptors (Lipinski definition) is 6. The topological polar surface area (TPSA) is 95.1 Å². The summed E-state index contributed by atoms with van der Waals surface area (Å²) in [7, 11) is 1.62. The van der Waals surface area contributed by atoms with Gasteiger partial charge in [0.25, 0.3) is 11.6 Å². The maximum atomic E-state index is 13.6. The zero-order valence-corrected chi connectivity index (χ0v) is 20.1. The Labute approximate surface area is 207 Å². The number of nitrogens with one attached hydrogen (secondary N) is 1. The van der Waals surface area contributed by atoms with Gasteiger partial charge in [0.05, 0.1) is 36.5 Å². The van der Waals surface area contributed by atoms with E-state index in [9.17, 15) is 4.79 Å². The molecule has 0 bridgehead atoms. The molecule has 0 unspecified atom stereocenters. The molecule has 3 heterocycles. The zero-order chi connectivity index (χ0) is 24.6. The quantitative estimate of drug-likeness (QED) is 0.327. The second-order valence-corrected chi connectivity index (χ2v) is 9.12. The first kappa shape index (κ1) is 22.0. The predicted molar refractivity (Wildman–Crippen MR) is 136 cm³/mol. The van der Waals surface area contributed by atoms with Crippen molar-refractivity contribution in [2.75, 3.05) is 12.4 Å². The van der Waals surface area contributed by atoms with Crippen LogP contribution in [0.25, 0.3) is 22.4 Å². The summed E-state index contributed by atoms with van der Waals surface area (Å²) >= 11 is 0. The van der Waals surface area contributed by atoms with E-state index in [1.54, 1.807) is 13.3 Å². The minimum atomic E-state index is -0.252. The van der Waals surface area contributed by atoms with E-state index in [-0.39, 0.29) is 5.91 Å². The normalized spacial score (nSPS) is 13.2. The molecule has 0 radical (unpaired) electrons. The van der Waals surface area contributed by atoms with Crippen molar-refractivity contribution in [3.63, 3.8) is 0 Å². The van der Waals surface area contributed by atoms with Crippen LogP contribution in [0.1, 0.15) is 45.9 Å². The maximum absolute atomic E-state index is 13.6. The molecule has 3 aromatic heterocycles. The largest absolute Gasteiger partial charge is 0.497 e. The molecule has 0 atom stereocenters. The Bertz CT molecular complexity index is 1560.